The first-order valence-corrected chi connectivity index (χ1v) is 10.7. The number of rotatable bonds is 6. The van der Waals surface area contributed by atoms with Gasteiger partial charge in [0.1, 0.15) is 5.82 Å². The highest BCUT2D eigenvalue weighted by Crippen LogP contribution is 2.35. The zero-order chi connectivity index (χ0) is 17.4. The van der Waals surface area contributed by atoms with E-state index in [4.69, 9.17) is 0 Å². The van der Waals surface area contributed by atoms with Crippen molar-refractivity contribution >= 4 is 10.0 Å². The average Bonchev–Trinajstić information content (AvgIpc) is 3.13. The third-order valence-corrected chi connectivity index (χ3v) is 7.02. The van der Waals surface area contributed by atoms with Crippen molar-refractivity contribution in [3.63, 3.8) is 0 Å². The van der Waals surface area contributed by atoms with Gasteiger partial charge in [-0.1, -0.05) is 12.5 Å². The molecule has 5 nitrogen and oxygen atoms in total. The predicted octanol–water partition coefficient (Wildman–Crippen LogP) is 2.93. The third-order valence-electron chi connectivity index (χ3n) is 5.56. The van der Waals surface area contributed by atoms with E-state index < -0.39 is 10.0 Å². The van der Waals surface area contributed by atoms with Gasteiger partial charge in [-0.25, -0.2) is 18.1 Å². The highest BCUT2D eigenvalue weighted by Gasteiger charge is 2.25. The molecule has 0 unspecified atom stereocenters. The Kier molecular flexibility index (Phi) is 4.41. The summed E-state index contributed by atoms with van der Waals surface area (Å²) in [5, 5.41) is 0. The zero-order valence-electron chi connectivity index (χ0n) is 14.7. The van der Waals surface area contributed by atoms with E-state index in [0.717, 1.165) is 30.8 Å². The Labute approximate surface area is 149 Å². The predicted molar refractivity (Wildman–Crippen MR) is 97.2 cm³/mol. The van der Waals surface area contributed by atoms with Gasteiger partial charge in [-0.15, -0.1) is 0 Å². The largest absolute Gasteiger partial charge is 0.331 e. The van der Waals surface area contributed by atoms with Crippen LogP contribution in [0.1, 0.15) is 54.2 Å². The molecule has 1 aromatic heterocycles. The maximum Gasteiger partial charge on any atom is 0.240 e. The molecule has 0 radical (unpaired) electrons. The molecule has 1 fully saturated rings. The van der Waals surface area contributed by atoms with E-state index in [0.29, 0.717) is 23.9 Å². The monoisotopic (exact) mass is 359 g/mol. The lowest BCUT2D eigenvalue weighted by atomic mass is 9.85. The van der Waals surface area contributed by atoms with Crippen molar-refractivity contribution in [2.45, 2.75) is 62.8 Å². The molecule has 0 bridgehead atoms. The normalized spacial score (nSPS) is 17.5. The minimum absolute atomic E-state index is 0.384. The second-order valence-electron chi connectivity index (χ2n) is 7.22. The van der Waals surface area contributed by atoms with Gasteiger partial charge in [-0.05, 0) is 62.3 Å². The Morgan fingerprint density at radius 3 is 2.76 bits per heavy atom. The number of nitrogens with one attached hydrogen (secondary N) is 1. The lowest BCUT2D eigenvalue weighted by molar-refractivity contribution is 0.385. The van der Waals surface area contributed by atoms with Crippen molar-refractivity contribution in [3.8, 4) is 0 Å². The molecule has 1 heterocycles. The molecule has 4 rings (SSSR count). The molecule has 0 aliphatic heterocycles. The maximum absolute atomic E-state index is 12.6. The van der Waals surface area contributed by atoms with Gasteiger partial charge in [-0.3, -0.25) is 0 Å². The summed E-state index contributed by atoms with van der Waals surface area (Å²) >= 11 is 0. The molecular formula is C19H25N3O2S. The number of nitrogens with zero attached hydrogens (tertiary/aromatic N) is 2. The van der Waals surface area contributed by atoms with Crippen LogP contribution >= 0.6 is 0 Å². The average molecular weight is 359 g/mol. The SMILES string of the molecule is Cc1cnc(C2CCC2)n1CCNS(=O)(=O)c1ccc2c(c1)CCC2. The number of sulfonamides is 1. The molecule has 0 atom stereocenters. The molecule has 0 amide bonds. The highest BCUT2D eigenvalue weighted by molar-refractivity contribution is 7.89. The van der Waals surface area contributed by atoms with Crippen LogP contribution in [0.25, 0.3) is 0 Å². The molecule has 2 aromatic rings. The number of hydrogen-bond acceptors (Lipinski definition) is 3. The molecular weight excluding hydrogens is 334 g/mol. The Morgan fingerprint density at radius 1 is 1.20 bits per heavy atom. The van der Waals surface area contributed by atoms with Gasteiger partial charge in [0.2, 0.25) is 10.0 Å². The molecule has 1 aromatic carbocycles. The quantitative estimate of drug-likeness (QED) is 0.862. The van der Waals surface area contributed by atoms with Crippen LogP contribution in [0, 0.1) is 6.92 Å². The van der Waals surface area contributed by atoms with Crippen LogP contribution in [0.5, 0.6) is 0 Å². The van der Waals surface area contributed by atoms with Gasteiger partial charge < -0.3 is 4.57 Å². The summed E-state index contributed by atoms with van der Waals surface area (Å²) in [5.41, 5.74) is 3.57. The Morgan fingerprint density at radius 2 is 2.00 bits per heavy atom. The Bertz CT molecular complexity index is 882. The van der Waals surface area contributed by atoms with Crippen molar-refractivity contribution < 1.29 is 8.42 Å². The number of aromatic nitrogens is 2. The number of fused-ring (bicyclic) bond motifs is 1. The summed E-state index contributed by atoms with van der Waals surface area (Å²) in [6.07, 6.45) is 8.71. The van der Waals surface area contributed by atoms with Gasteiger partial charge in [-0.2, -0.15) is 0 Å². The van der Waals surface area contributed by atoms with Crippen LogP contribution in [0.15, 0.2) is 29.3 Å². The summed E-state index contributed by atoms with van der Waals surface area (Å²) < 4.78 is 30.1. The van der Waals surface area contributed by atoms with E-state index >= 15 is 0 Å². The van der Waals surface area contributed by atoms with Crippen molar-refractivity contribution in [3.05, 3.63) is 47.0 Å². The maximum atomic E-state index is 12.6. The number of aryl methyl sites for hydroxylation is 3. The summed E-state index contributed by atoms with van der Waals surface area (Å²) in [4.78, 5) is 4.92. The van der Waals surface area contributed by atoms with E-state index in [1.807, 2.05) is 25.3 Å². The van der Waals surface area contributed by atoms with E-state index in [-0.39, 0.29) is 0 Å². The Balaban J connectivity index is 1.44. The van der Waals surface area contributed by atoms with Crippen molar-refractivity contribution in [2.75, 3.05) is 6.54 Å². The highest BCUT2D eigenvalue weighted by atomic mass is 32.2. The van der Waals surface area contributed by atoms with Crippen LogP contribution in [-0.2, 0) is 29.4 Å². The van der Waals surface area contributed by atoms with E-state index in [1.54, 1.807) is 6.07 Å². The van der Waals surface area contributed by atoms with Crippen LogP contribution in [0.3, 0.4) is 0 Å². The van der Waals surface area contributed by atoms with Gasteiger partial charge in [0.15, 0.2) is 0 Å². The molecule has 0 spiro atoms. The second kappa shape index (κ2) is 6.57. The van der Waals surface area contributed by atoms with Gasteiger partial charge in [0, 0.05) is 30.9 Å². The first-order chi connectivity index (χ1) is 12.0. The zero-order valence-corrected chi connectivity index (χ0v) is 15.5. The van der Waals surface area contributed by atoms with Gasteiger partial charge >= 0.3 is 0 Å². The van der Waals surface area contributed by atoms with E-state index in [9.17, 15) is 8.42 Å². The minimum Gasteiger partial charge on any atom is -0.331 e. The van der Waals surface area contributed by atoms with Gasteiger partial charge in [0.05, 0.1) is 4.90 Å². The van der Waals surface area contributed by atoms with Crippen LogP contribution in [0.2, 0.25) is 0 Å². The number of hydrogen-bond donors (Lipinski definition) is 1. The van der Waals surface area contributed by atoms with Crippen molar-refractivity contribution in [2.24, 2.45) is 0 Å². The summed E-state index contributed by atoms with van der Waals surface area (Å²) in [6, 6.07) is 5.53. The van der Waals surface area contributed by atoms with Crippen LogP contribution in [0.4, 0.5) is 0 Å². The molecule has 2 aliphatic carbocycles. The summed E-state index contributed by atoms with van der Waals surface area (Å²) in [6.45, 7) is 3.04. The fraction of sp³-hybridized carbons (Fsp3) is 0.526. The van der Waals surface area contributed by atoms with Crippen molar-refractivity contribution in [1.29, 1.82) is 0 Å². The molecule has 25 heavy (non-hydrogen) atoms. The smallest absolute Gasteiger partial charge is 0.240 e. The number of imidazole rings is 1. The third kappa shape index (κ3) is 3.25. The lowest BCUT2D eigenvalue weighted by Gasteiger charge is -2.26. The first-order valence-electron chi connectivity index (χ1n) is 9.18. The minimum atomic E-state index is -3.46. The molecule has 134 valence electrons. The van der Waals surface area contributed by atoms with Crippen molar-refractivity contribution in [1.82, 2.24) is 14.3 Å². The molecule has 1 N–H and O–H groups in total. The molecule has 0 saturated heterocycles. The summed E-state index contributed by atoms with van der Waals surface area (Å²) in [5.74, 6) is 1.66. The number of benzene rings is 1. The Hall–Kier alpha value is -1.66. The fourth-order valence-electron chi connectivity index (χ4n) is 3.85. The molecule has 1 saturated carbocycles. The van der Waals surface area contributed by atoms with Crippen LogP contribution in [-0.4, -0.2) is 24.5 Å². The molecule has 6 heteroatoms. The van der Waals surface area contributed by atoms with Crippen LogP contribution < -0.4 is 4.72 Å². The topological polar surface area (TPSA) is 64.0 Å². The van der Waals surface area contributed by atoms with E-state index in [1.165, 1.54) is 30.4 Å². The standard InChI is InChI=1S/C19H25N3O2S/c1-14-13-20-19(16-5-3-6-16)22(14)11-10-21-25(23,24)18-9-8-15-4-2-7-17(15)12-18/h8-9,12-13,16,21H,2-7,10-11H2,1H3. The summed E-state index contributed by atoms with van der Waals surface area (Å²) in [7, 11) is -3.46. The van der Waals surface area contributed by atoms with Gasteiger partial charge in [0.25, 0.3) is 0 Å². The lowest BCUT2D eigenvalue weighted by Crippen LogP contribution is -2.29. The molecule has 2 aliphatic rings. The first kappa shape index (κ1) is 16.8. The second-order valence-corrected chi connectivity index (χ2v) is 8.99. The van der Waals surface area contributed by atoms with E-state index in [2.05, 4.69) is 14.3 Å². The fourth-order valence-corrected chi connectivity index (χ4v) is 4.92.